The van der Waals surface area contributed by atoms with Crippen LogP contribution in [0.5, 0.6) is 0 Å². The van der Waals surface area contributed by atoms with E-state index in [4.69, 9.17) is 0 Å². The Balaban J connectivity index is 1.79. The van der Waals surface area contributed by atoms with E-state index in [2.05, 4.69) is 9.88 Å². The largest absolute Gasteiger partial charge is 0.350 e. The number of halogens is 1. The molecule has 146 valence electrons. The van der Waals surface area contributed by atoms with Gasteiger partial charge >= 0.3 is 0 Å². The lowest BCUT2D eigenvalue weighted by atomic mass is 10.1. The van der Waals surface area contributed by atoms with Crippen molar-refractivity contribution in [1.82, 2.24) is 14.8 Å². The van der Waals surface area contributed by atoms with Crippen molar-refractivity contribution in [3.05, 3.63) is 89.0 Å². The average Bonchev–Trinajstić information content (AvgIpc) is 2.96. The number of nitrogens with zero attached hydrogens (tertiary/aromatic N) is 2. The van der Waals surface area contributed by atoms with E-state index in [1.165, 1.54) is 12.1 Å². The zero-order valence-electron chi connectivity index (χ0n) is 16.7. The lowest BCUT2D eigenvalue weighted by molar-refractivity contribution is 0.0941. The summed E-state index contributed by atoms with van der Waals surface area (Å²) in [7, 11) is 3.84. The molecule has 0 saturated carbocycles. The Kier molecular flexibility index (Phi) is 5.95. The molecule has 3 aromatic rings. The molecule has 28 heavy (non-hydrogen) atoms. The molecule has 1 aromatic heterocycles. The van der Waals surface area contributed by atoms with Gasteiger partial charge in [0.15, 0.2) is 0 Å². The number of hydrogen-bond acceptors (Lipinski definition) is 2. The van der Waals surface area contributed by atoms with Gasteiger partial charge in [0.2, 0.25) is 0 Å². The van der Waals surface area contributed by atoms with Gasteiger partial charge in [-0.05, 0) is 63.8 Å². The molecule has 0 aliphatic heterocycles. The fourth-order valence-electron chi connectivity index (χ4n) is 3.56. The zero-order chi connectivity index (χ0) is 20.3. The second kappa shape index (κ2) is 8.40. The molecule has 0 fully saturated rings. The number of aryl methyl sites for hydroxylation is 1. The highest BCUT2D eigenvalue weighted by atomic mass is 19.1. The maximum atomic E-state index is 13.6. The Morgan fingerprint density at radius 1 is 1.07 bits per heavy atom. The van der Waals surface area contributed by atoms with Crippen molar-refractivity contribution in [2.45, 2.75) is 19.9 Å². The lowest BCUT2D eigenvalue weighted by Gasteiger charge is -2.25. The van der Waals surface area contributed by atoms with E-state index >= 15 is 0 Å². The minimum absolute atomic E-state index is 0.114. The molecule has 2 aromatic carbocycles. The second-order valence-electron chi connectivity index (χ2n) is 7.20. The van der Waals surface area contributed by atoms with Crippen molar-refractivity contribution in [3.8, 4) is 5.69 Å². The molecule has 1 atom stereocenters. The number of carbonyl (C=O) groups excluding carboxylic acids is 1. The van der Waals surface area contributed by atoms with Crippen LogP contribution in [0, 0.1) is 19.7 Å². The van der Waals surface area contributed by atoms with Gasteiger partial charge in [0.25, 0.3) is 5.91 Å². The average molecular weight is 379 g/mol. The monoisotopic (exact) mass is 379 g/mol. The molecule has 4 nitrogen and oxygen atoms in total. The number of aromatic nitrogens is 1. The Hall–Kier alpha value is -2.92. The number of nitrogens with one attached hydrogen (secondary N) is 1. The Morgan fingerprint density at radius 3 is 2.43 bits per heavy atom. The normalized spacial score (nSPS) is 12.2. The summed E-state index contributed by atoms with van der Waals surface area (Å²) in [4.78, 5) is 14.8. The number of hydrogen-bond donors (Lipinski definition) is 1. The Labute approximate surface area is 165 Å². The minimum atomic E-state index is -0.276. The van der Waals surface area contributed by atoms with Gasteiger partial charge in [-0.15, -0.1) is 0 Å². The summed E-state index contributed by atoms with van der Waals surface area (Å²) >= 11 is 0. The van der Waals surface area contributed by atoms with Crippen LogP contribution in [-0.4, -0.2) is 36.0 Å². The Morgan fingerprint density at radius 2 is 1.79 bits per heavy atom. The molecule has 3 rings (SSSR count). The summed E-state index contributed by atoms with van der Waals surface area (Å²) in [6.07, 6.45) is 0. The number of amides is 1. The first-order chi connectivity index (χ1) is 13.4. The fourth-order valence-corrected chi connectivity index (χ4v) is 3.56. The van der Waals surface area contributed by atoms with E-state index in [1.807, 2.05) is 75.3 Å². The van der Waals surface area contributed by atoms with Crippen LogP contribution in [0.25, 0.3) is 5.69 Å². The molecule has 0 spiro atoms. The first-order valence-corrected chi connectivity index (χ1v) is 9.33. The van der Waals surface area contributed by atoms with Crippen LogP contribution in [0.15, 0.2) is 60.7 Å². The van der Waals surface area contributed by atoms with Crippen molar-refractivity contribution >= 4 is 5.91 Å². The SMILES string of the molecule is Cc1cc(C(=O)NCC(c2cccc(F)c2)N(C)C)c(C)n1-c1ccccc1. The number of para-hydroxylation sites is 1. The lowest BCUT2D eigenvalue weighted by Crippen LogP contribution is -2.34. The molecule has 1 unspecified atom stereocenters. The smallest absolute Gasteiger partial charge is 0.253 e. The third kappa shape index (κ3) is 4.15. The molecule has 1 heterocycles. The van der Waals surface area contributed by atoms with Gasteiger partial charge in [0.1, 0.15) is 5.82 Å². The van der Waals surface area contributed by atoms with Gasteiger partial charge in [-0.1, -0.05) is 30.3 Å². The van der Waals surface area contributed by atoms with Crippen LogP contribution in [0.2, 0.25) is 0 Å². The van der Waals surface area contributed by atoms with Crippen LogP contribution < -0.4 is 5.32 Å². The molecule has 0 bridgehead atoms. The molecule has 0 aliphatic rings. The first-order valence-electron chi connectivity index (χ1n) is 9.33. The van der Waals surface area contributed by atoms with Gasteiger partial charge < -0.3 is 14.8 Å². The van der Waals surface area contributed by atoms with Crippen LogP contribution >= 0.6 is 0 Å². The van der Waals surface area contributed by atoms with E-state index in [9.17, 15) is 9.18 Å². The molecule has 0 saturated heterocycles. The highest BCUT2D eigenvalue weighted by Gasteiger charge is 2.20. The fraction of sp³-hybridized carbons (Fsp3) is 0.261. The molecule has 0 radical (unpaired) electrons. The predicted octanol–water partition coefficient (Wildman–Crippen LogP) is 4.27. The quantitative estimate of drug-likeness (QED) is 0.695. The van der Waals surface area contributed by atoms with Crippen molar-refractivity contribution < 1.29 is 9.18 Å². The summed E-state index contributed by atoms with van der Waals surface area (Å²) in [5.41, 5.74) is 4.41. The third-order valence-corrected chi connectivity index (χ3v) is 5.00. The molecule has 5 heteroatoms. The molecular formula is C23H26FN3O. The summed E-state index contributed by atoms with van der Waals surface area (Å²) < 4.78 is 15.7. The van der Waals surface area contributed by atoms with Crippen molar-refractivity contribution in [3.63, 3.8) is 0 Å². The number of carbonyl (C=O) groups is 1. The summed E-state index contributed by atoms with van der Waals surface area (Å²) in [6.45, 7) is 4.33. The number of benzene rings is 2. The summed E-state index contributed by atoms with van der Waals surface area (Å²) in [6, 6.07) is 18.3. The van der Waals surface area contributed by atoms with Gasteiger partial charge in [-0.3, -0.25) is 4.79 Å². The van der Waals surface area contributed by atoms with E-state index in [-0.39, 0.29) is 17.8 Å². The van der Waals surface area contributed by atoms with Gasteiger partial charge in [-0.25, -0.2) is 4.39 Å². The van der Waals surface area contributed by atoms with E-state index < -0.39 is 0 Å². The predicted molar refractivity (Wildman–Crippen MR) is 110 cm³/mol. The maximum absolute atomic E-state index is 13.6. The maximum Gasteiger partial charge on any atom is 0.253 e. The van der Waals surface area contributed by atoms with E-state index in [1.54, 1.807) is 6.07 Å². The Bertz CT molecular complexity index is 963. The van der Waals surface area contributed by atoms with E-state index in [0.29, 0.717) is 12.1 Å². The molecule has 1 amide bonds. The zero-order valence-corrected chi connectivity index (χ0v) is 16.7. The summed E-state index contributed by atoms with van der Waals surface area (Å²) in [5.74, 6) is -0.402. The molecular weight excluding hydrogens is 353 g/mol. The van der Waals surface area contributed by atoms with E-state index in [0.717, 1.165) is 22.6 Å². The van der Waals surface area contributed by atoms with Gasteiger partial charge in [0, 0.05) is 23.6 Å². The first kappa shape index (κ1) is 19.8. The van der Waals surface area contributed by atoms with Crippen molar-refractivity contribution in [1.29, 1.82) is 0 Å². The second-order valence-corrected chi connectivity index (χ2v) is 7.20. The topological polar surface area (TPSA) is 37.3 Å². The highest BCUT2D eigenvalue weighted by molar-refractivity contribution is 5.96. The van der Waals surface area contributed by atoms with Crippen LogP contribution in [0.1, 0.15) is 33.4 Å². The molecule has 0 aliphatic carbocycles. The van der Waals surface area contributed by atoms with Crippen LogP contribution in [0.4, 0.5) is 4.39 Å². The van der Waals surface area contributed by atoms with Gasteiger partial charge in [-0.2, -0.15) is 0 Å². The minimum Gasteiger partial charge on any atom is -0.350 e. The standard InChI is InChI=1S/C23H26FN3O/c1-16-13-21(17(2)27(16)20-11-6-5-7-12-20)23(28)25-15-22(26(3)4)18-9-8-10-19(24)14-18/h5-14,22H,15H2,1-4H3,(H,25,28). The number of rotatable bonds is 6. The molecule has 1 N–H and O–H groups in total. The third-order valence-electron chi connectivity index (χ3n) is 5.00. The highest BCUT2D eigenvalue weighted by Crippen LogP contribution is 2.22. The van der Waals surface area contributed by atoms with Crippen LogP contribution in [-0.2, 0) is 0 Å². The van der Waals surface area contributed by atoms with Crippen molar-refractivity contribution in [2.24, 2.45) is 0 Å². The number of likely N-dealkylation sites (N-methyl/N-ethyl adjacent to an activating group) is 1. The van der Waals surface area contributed by atoms with Gasteiger partial charge in [0.05, 0.1) is 11.6 Å². The van der Waals surface area contributed by atoms with Crippen molar-refractivity contribution in [2.75, 3.05) is 20.6 Å². The van der Waals surface area contributed by atoms with Crippen LogP contribution in [0.3, 0.4) is 0 Å². The summed E-state index contributed by atoms with van der Waals surface area (Å²) in [5, 5.41) is 3.01.